The quantitative estimate of drug-likeness (QED) is 0.688. The molecule has 2 aromatic rings. The summed E-state index contributed by atoms with van der Waals surface area (Å²) in [5, 5.41) is 3.84. The molecule has 5 heteroatoms. The molecule has 0 aliphatic heterocycles. The van der Waals surface area contributed by atoms with Crippen LogP contribution in [-0.2, 0) is 15.4 Å². The molecule has 4 nitrogen and oxygen atoms in total. The van der Waals surface area contributed by atoms with Crippen LogP contribution in [0.5, 0.6) is 0 Å². The first-order chi connectivity index (χ1) is 10.7. The van der Waals surface area contributed by atoms with Crippen molar-refractivity contribution < 1.29 is 8.42 Å². The predicted octanol–water partition coefficient (Wildman–Crippen LogP) is 3.60. The van der Waals surface area contributed by atoms with E-state index in [1.807, 2.05) is 31.2 Å². The highest BCUT2D eigenvalue weighted by molar-refractivity contribution is 7.89. The zero-order valence-corrected chi connectivity index (χ0v) is 14.7. The van der Waals surface area contributed by atoms with Crippen LogP contribution in [0, 0.1) is 6.92 Å². The lowest BCUT2D eigenvalue weighted by Gasteiger charge is -2.18. The number of nitrogens with zero attached hydrogens (tertiary/aromatic N) is 1. The Hall–Kier alpha value is -2.14. The summed E-state index contributed by atoms with van der Waals surface area (Å²) in [4.78, 5) is 2.43. The van der Waals surface area contributed by atoms with Gasteiger partial charge in [0.1, 0.15) is 0 Å². The van der Waals surface area contributed by atoms with Gasteiger partial charge in [-0.2, -0.15) is 13.5 Å². The van der Waals surface area contributed by atoms with E-state index in [1.165, 1.54) is 11.8 Å². The van der Waals surface area contributed by atoms with Gasteiger partial charge < -0.3 is 0 Å². The fourth-order valence-corrected chi connectivity index (χ4v) is 2.80. The minimum Gasteiger partial charge on any atom is -0.200 e. The van der Waals surface area contributed by atoms with Crippen molar-refractivity contribution in [2.24, 2.45) is 5.10 Å². The number of benzene rings is 2. The third-order valence-electron chi connectivity index (χ3n) is 3.49. The van der Waals surface area contributed by atoms with Crippen LogP contribution in [0.4, 0.5) is 0 Å². The van der Waals surface area contributed by atoms with Crippen LogP contribution in [0.2, 0.25) is 0 Å². The van der Waals surface area contributed by atoms with Crippen LogP contribution in [0.25, 0.3) is 0 Å². The fraction of sp³-hybridized carbons (Fsp3) is 0.278. The third-order valence-corrected chi connectivity index (χ3v) is 4.73. The minimum atomic E-state index is -3.63. The van der Waals surface area contributed by atoms with E-state index in [-0.39, 0.29) is 10.3 Å². The fourth-order valence-electron chi connectivity index (χ4n) is 2.01. The molecule has 0 radical (unpaired) electrons. The molecule has 0 saturated heterocycles. The molecule has 0 fully saturated rings. The van der Waals surface area contributed by atoms with E-state index in [0.29, 0.717) is 0 Å². The lowest BCUT2D eigenvalue weighted by Crippen LogP contribution is -2.18. The van der Waals surface area contributed by atoms with E-state index in [2.05, 4.69) is 30.7 Å². The predicted molar refractivity (Wildman–Crippen MR) is 94.2 cm³/mol. The van der Waals surface area contributed by atoms with Gasteiger partial charge in [0, 0.05) is 0 Å². The van der Waals surface area contributed by atoms with Crippen molar-refractivity contribution >= 4 is 16.2 Å². The molecule has 0 bridgehead atoms. The van der Waals surface area contributed by atoms with Gasteiger partial charge in [0.15, 0.2) is 0 Å². The number of hydrogen-bond acceptors (Lipinski definition) is 3. The Labute approximate surface area is 138 Å². The van der Waals surface area contributed by atoms with E-state index >= 15 is 0 Å². The number of hydrogen-bond donors (Lipinski definition) is 1. The van der Waals surface area contributed by atoms with Gasteiger partial charge in [-0.05, 0) is 35.6 Å². The van der Waals surface area contributed by atoms with Crippen molar-refractivity contribution in [3.8, 4) is 0 Å². The van der Waals surface area contributed by atoms with Crippen molar-refractivity contribution in [2.75, 3.05) is 0 Å². The monoisotopic (exact) mass is 330 g/mol. The summed E-state index contributed by atoms with van der Waals surface area (Å²) in [6.07, 6.45) is 1.50. The highest BCUT2D eigenvalue weighted by Crippen LogP contribution is 2.21. The molecule has 0 heterocycles. The molecule has 0 amide bonds. The second-order valence-electron chi connectivity index (χ2n) is 6.54. The SMILES string of the molecule is Cc1ccc(S(=O)(=O)NN=Cc2ccc(C(C)(C)C)cc2)cc1. The molecule has 0 aromatic heterocycles. The van der Waals surface area contributed by atoms with Crippen LogP contribution in [-0.4, -0.2) is 14.6 Å². The second kappa shape index (κ2) is 6.54. The van der Waals surface area contributed by atoms with Crippen LogP contribution in [0.1, 0.15) is 37.5 Å². The van der Waals surface area contributed by atoms with Gasteiger partial charge in [-0.25, -0.2) is 4.83 Å². The number of hydrazone groups is 1. The Morgan fingerprint density at radius 2 is 1.52 bits per heavy atom. The maximum absolute atomic E-state index is 12.1. The summed E-state index contributed by atoms with van der Waals surface area (Å²) in [6.45, 7) is 8.34. The zero-order valence-electron chi connectivity index (χ0n) is 13.9. The molecule has 2 rings (SSSR count). The maximum Gasteiger partial charge on any atom is 0.276 e. The molecule has 0 saturated carbocycles. The molecule has 0 aliphatic carbocycles. The van der Waals surface area contributed by atoms with Crippen LogP contribution in [0.3, 0.4) is 0 Å². The Morgan fingerprint density at radius 3 is 2.04 bits per heavy atom. The first-order valence-electron chi connectivity index (χ1n) is 7.40. The number of aryl methyl sites for hydroxylation is 1. The summed E-state index contributed by atoms with van der Waals surface area (Å²) >= 11 is 0. The second-order valence-corrected chi connectivity index (χ2v) is 8.20. The molecule has 0 aliphatic rings. The van der Waals surface area contributed by atoms with Gasteiger partial charge in [0.25, 0.3) is 10.0 Å². The van der Waals surface area contributed by atoms with Crippen molar-refractivity contribution in [1.82, 2.24) is 4.83 Å². The molecule has 2 aromatic carbocycles. The summed E-state index contributed by atoms with van der Waals surface area (Å²) < 4.78 is 24.2. The van der Waals surface area contributed by atoms with Crippen LogP contribution >= 0.6 is 0 Å². The van der Waals surface area contributed by atoms with Gasteiger partial charge in [0.2, 0.25) is 0 Å². The minimum absolute atomic E-state index is 0.0860. The molecule has 0 atom stereocenters. The molecule has 1 N–H and O–H groups in total. The lowest BCUT2D eigenvalue weighted by molar-refractivity contribution is 0.584. The Bertz CT molecular complexity index is 784. The Kier molecular flexibility index (Phi) is 4.90. The van der Waals surface area contributed by atoms with Gasteiger partial charge in [-0.1, -0.05) is 62.7 Å². The molecular formula is C18H22N2O2S. The molecule has 122 valence electrons. The average molecular weight is 330 g/mol. The van der Waals surface area contributed by atoms with Gasteiger partial charge >= 0.3 is 0 Å². The Balaban J connectivity index is 2.07. The average Bonchev–Trinajstić information content (AvgIpc) is 2.47. The largest absolute Gasteiger partial charge is 0.276 e. The normalized spacial score (nSPS) is 12.5. The van der Waals surface area contributed by atoms with Crippen LogP contribution < -0.4 is 4.83 Å². The summed E-state index contributed by atoms with van der Waals surface area (Å²) in [5.41, 5.74) is 3.15. The maximum atomic E-state index is 12.1. The van der Waals surface area contributed by atoms with E-state index in [4.69, 9.17) is 0 Å². The van der Waals surface area contributed by atoms with Crippen molar-refractivity contribution in [2.45, 2.75) is 38.0 Å². The van der Waals surface area contributed by atoms with Gasteiger partial charge in [0.05, 0.1) is 11.1 Å². The smallest absolute Gasteiger partial charge is 0.200 e. The topological polar surface area (TPSA) is 58.5 Å². The van der Waals surface area contributed by atoms with Gasteiger partial charge in [-0.15, -0.1) is 0 Å². The molecule has 0 unspecified atom stereocenters. The van der Waals surface area contributed by atoms with E-state index in [9.17, 15) is 8.42 Å². The molecular weight excluding hydrogens is 308 g/mol. The van der Waals surface area contributed by atoms with E-state index < -0.39 is 10.0 Å². The van der Waals surface area contributed by atoms with Crippen molar-refractivity contribution in [3.05, 3.63) is 65.2 Å². The standard InChI is InChI=1S/C18H22N2O2S/c1-14-5-11-17(12-6-14)23(21,22)20-19-13-15-7-9-16(10-8-15)18(2,3)4/h5-13,20H,1-4H3. The first-order valence-corrected chi connectivity index (χ1v) is 8.89. The third kappa shape index (κ3) is 4.66. The first kappa shape index (κ1) is 17.2. The van der Waals surface area contributed by atoms with E-state index in [0.717, 1.165) is 11.1 Å². The summed E-state index contributed by atoms with van der Waals surface area (Å²) in [6, 6.07) is 14.5. The Morgan fingerprint density at radius 1 is 0.957 bits per heavy atom. The highest BCUT2D eigenvalue weighted by atomic mass is 32.2. The van der Waals surface area contributed by atoms with Crippen molar-refractivity contribution in [3.63, 3.8) is 0 Å². The molecule has 0 spiro atoms. The van der Waals surface area contributed by atoms with Crippen molar-refractivity contribution in [1.29, 1.82) is 0 Å². The highest BCUT2D eigenvalue weighted by Gasteiger charge is 2.13. The number of nitrogens with one attached hydrogen (secondary N) is 1. The summed E-state index contributed by atoms with van der Waals surface area (Å²) in [5.74, 6) is 0. The van der Waals surface area contributed by atoms with Crippen LogP contribution in [0.15, 0.2) is 58.5 Å². The van der Waals surface area contributed by atoms with Gasteiger partial charge in [-0.3, -0.25) is 0 Å². The zero-order chi connectivity index (χ0) is 17.1. The van der Waals surface area contributed by atoms with E-state index in [1.54, 1.807) is 24.3 Å². The summed E-state index contributed by atoms with van der Waals surface area (Å²) in [7, 11) is -3.63. The lowest BCUT2D eigenvalue weighted by atomic mass is 9.87. The number of sulfonamides is 1. The number of rotatable bonds is 4. The molecule has 23 heavy (non-hydrogen) atoms.